The fraction of sp³-hybridized carbons (Fsp3) is 0.158. The van der Waals surface area contributed by atoms with E-state index in [4.69, 9.17) is 16.7 Å². The predicted octanol–water partition coefficient (Wildman–Crippen LogP) is 4.50. The van der Waals surface area contributed by atoms with Crippen LogP contribution < -0.4 is 0 Å². The number of fused-ring (bicyclic) bond motifs is 1. The average molecular weight is 326 g/mol. The van der Waals surface area contributed by atoms with Crippen molar-refractivity contribution in [2.45, 2.75) is 19.3 Å². The first-order chi connectivity index (χ1) is 11.1. The van der Waals surface area contributed by atoms with Crippen LogP contribution in [0.25, 0.3) is 10.8 Å². The van der Waals surface area contributed by atoms with E-state index in [9.17, 15) is 4.79 Å². The molecule has 0 unspecified atom stereocenters. The summed E-state index contributed by atoms with van der Waals surface area (Å²) in [5, 5.41) is 11.8. The van der Waals surface area contributed by atoms with Crippen LogP contribution in [-0.4, -0.2) is 16.1 Å². The molecule has 116 valence electrons. The fourth-order valence-corrected chi connectivity index (χ4v) is 3.01. The zero-order valence-electron chi connectivity index (χ0n) is 12.5. The average Bonchev–Trinajstić information content (AvgIpc) is 2.57. The van der Waals surface area contributed by atoms with E-state index in [1.807, 2.05) is 42.6 Å². The second-order valence-electron chi connectivity index (χ2n) is 5.47. The number of carbonyl (C=O) groups is 1. The number of hydrogen-bond donors (Lipinski definition) is 1. The lowest BCUT2D eigenvalue weighted by atomic mass is 9.95. The van der Waals surface area contributed by atoms with Gasteiger partial charge in [0.1, 0.15) is 0 Å². The van der Waals surface area contributed by atoms with E-state index in [1.165, 1.54) is 0 Å². The Labute approximate surface area is 139 Å². The summed E-state index contributed by atoms with van der Waals surface area (Å²) in [5.74, 6) is -0.787. The van der Waals surface area contributed by atoms with Gasteiger partial charge < -0.3 is 5.11 Å². The quantitative estimate of drug-likeness (QED) is 0.751. The van der Waals surface area contributed by atoms with E-state index in [0.29, 0.717) is 12.8 Å². The van der Waals surface area contributed by atoms with Crippen LogP contribution in [0.3, 0.4) is 0 Å². The molecule has 0 amide bonds. The molecule has 0 bridgehead atoms. The third-order valence-electron chi connectivity index (χ3n) is 3.95. The van der Waals surface area contributed by atoms with Gasteiger partial charge in [0.05, 0.1) is 0 Å². The minimum Gasteiger partial charge on any atom is -0.481 e. The molecular weight excluding hydrogens is 310 g/mol. The number of carboxylic acids is 1. The highest BCUT2D eigenvalue weighted by Gasteiger charge is 2.09. The highest BCUT2D eigenvalue weighted by molar-refractivity contribution is 6.35. The third-order valence-corrected chi connectivity index (χ3v) is 4.28. The number of aryl methyl sites for hydroxylation is 1. The molecule has 0 saturated heterocycles. The summed E-state index contributed by atoms with van der Waals surface area (Å²) in [6.07, 6.45) is 4.87. The molecule has 0 aliphatic rings. The Bertz CT molecular complexity index is 861. The zero-order chi connectivity index (χ0) is 16.2. The molecule has 1 heterocycles. The summed E-state index contributed by atoms with van der Waals surface area (Å²) in [6.45, 7) is 0. The minimum atomic E-state index is -0.787. The van der Waals surface area contributed by atoms with E-state index in [-0.39, 0.29) is 6.42 Å². The van der Waals surface area contributed by atoms with Gasteiger partial charge in [-0.25, -0.2) is 0 Å². The van der Waals surface area contributed by atoms with Gasteiger partial charge >= 0.3 is 5.97 Å². The molecule has 3 aromatic rings. The normalized spacial score (nSPS) is 10.8. The summed E-state index contributed by atoms with van der Waals surface area (Å²) in [7, 11) is 0. The summed E-state index contributed by atoms with van der Waals surface area (Å²) in [4.78, 5) is 15.0. The summed E-state index contributed by atoms with van der Waals surface area (Å²) in [6, 6.07) is 13.9. The first kappa shape index (κ1) is 15.5. The third kappa shape index (κ3) is 3.51. The maximum absolute atomic E-state index is 10.8. The number of halogens is 1. The first-order valence-corrected chi connectivity index (χ1v) is 7.82. The van der Waals surface area contributed by atoms with Gasteiger partial charge in [0.2, 0.25) is 0 Å². The van der Waals surface area contributed by atoms with Gasteiger partial charge in [0, 0.05) is 29.2 Å². The van der Waals surface area contributed by atoms with Gasteiger partial charge in [-0.1, -0.05) is 41.9 Å². The summed E-state index contributed by atoms with van der Waals surface area (Å²) in [5.41, 5.74) is 3.25. The molecule has 23 heavy (non-hydrogen) atoms. The second kappa shape index (κ2) is 6.80. The molecule has 0 radical (unpaired) electrons. The maximum atomic E-state index is 10.8. The Morgan fingerprint density at radius 3 is 2.57 bits per heavy atom. The molecule has 0 fully saturated rings. The minimum absolute atomic E-state index is 0.123. The molecule has 3 nitrogen and oxygen atoms in total. The summed E-state index contributed by atoms with van der Waals surface area (Å²) < 4.78 is 0. The Balaban J connectivity index is 1.97. The van der Waals surface area contributed by atoms with E-state index in [0.717, 1.165) is 32.5 Å². The predicted molar refractivity (Wildman–Crippen MR) is 92.0 cm³/mol. The monoisotopic (exact) mass is 325 g/mol. The molecule has 1 aromatic heterocycles. The largest absolute Gasteiger partial charge is 0.481 e. The van der Waals surface area contributed by atoms with Gasteiger partial charge in [0.15, 0.2) is 0 Å². The Morgan fingerprint density at radius 1 is 1.00 bits per heavy atom. The molecule has 0 atom stereocenters. The number of benzene rings is 2. The van der Waals surface area contributed by atoms with Crippen molar-refractivity contribution in [1.82, 2.24) is 4.98 Å². The number of pyridine rings is 1. The van der Waals surface area contributed by atoms with E-state index >= 15 is 0 Å². The molecule has 0 aliphatic heterocycles. The van der Waals surface area contributed by atoms with Crippen molar-refractivity contribution in [2.75, 3.05) is 0 Å². The second-order valence-corrected chi connectivity index (χ2v) is 5.87. The Morgan fingerprint density at radius 2 is 1.78 bits per heavy atom. The van der Waals surface area contributed by atoms with Crippen LogP contribution in [0.5, 0.6) is 0 Å². The van der Waals surface area contributed by atoms with Gasteiger partial charge in [-0.2, -0.15) is 0 Å². The number of aromatic nitrogens is 1. The van der Waals surface area contributed by atoms with Crippen LogP contribution in [0.2, 0.25) is 5.02 Å². The molecular formula is C19H16ClNO2. The van der Waals surface area contributed by atoms with Crippen LogP contribution in [-0.2, 0) is 17.6 Å². The standard InChI is InChI=1S/C19H16ClNO2/c20-18-7-5-14(16-3-1-2-4-17(16)18)11-15-12-21-10-9-13(15)6-8-19(22)23/h1-5,7,9-10,12H,6,8,11H2,(H,22,23). The molecule has 4 heteroatoms. The van der Waals surface area contributed by atoms with E-state index in [2.05, 4.69) is 11.1 Å². The van der Waals surface area contributed by atoms with Crippen molar-refractivity contribution in [2.24, 2.45) is 0 Å². The highest BCUT2D eigenvalue weighted by Crippen LogP contribution is 2.28. The fourth-order valence-electron chi connectivity index (χ4n) is 2.78. The molecule has 2 aromatic carbocycles. The van der Waals surface area contributed by atoms with Gasteiger partial charge in [0.25, 0.3) is 0 Å². The van der Waals surface area contributed by atoms with Crippen LogP contribution in [0.4, 0.5) is 0 Å². The molecule has 3 rings (SSSR count). The van der Waals surface area contributed by atoms with E-state index < -0.39 is 5.97 Å². The molecule has 1 N–H and O–H groups in total. The topological polar surface area (TPSA) is 50.2 Å². The van der Waals surface area contributed by atoms with Crippen LogP contribution >= 0.6 is 11.6 Å². The first-order valence-electron chi connectivity index (χ1n) is 7.45. The molecule has 0 saturated carbocycles. The number of carboxylic acid groups (broad SMARTS) is 1. The molecule has 0 spiro atoms. The number of hydrogen-bond acceptors (Lipinski definition) is 2. The lowest BCUT2D eigenvalue weighted by Gasteiger charge is -2.11. The van der Waals surface area contributed by atoms with Crippen LogP contribution in [0, 0.1) is 0 Å². The number of nitrogens with zero attached hydrogens (tertiary/aromatic N) is 1. The van der Waals surface area contributed by atoms with Gasteiger partial charge in [-0.05, 0) is 47.1 Å². The SMILES string of the molecule is O=C(O)CCc1ccncc1Cc1ccc(Cl)c2ccccc12. The smallest absolute Gasteiger partial charge is 0.303 e. The van der Waals surface area contributed by atoms with Gasteiger partial charge in [-0.3, -0.25) is 9.78 Å². The maximum Gasteiger partial charge on any atom is 0.303 e. The van der Waals surface area contributed by atoms with Crippen molar-refractivity contribution in [3.8, 4) is 0 Å². The zero-order valence-corrected chi connectivity index (χ0v) is 13.3. The van der Waals surface area contributed by atoms with Crippen LogP contribution in [0.1, 0.15) is 23.1 Å². The lowest BCUT2D eigenvalue weighted by molar-refractivity contribution is -0.136. The number of rotatable bonds is 5. The van der Waals surface area contributed by atoms with Crippen molar-refractivity contribution in [3.63, 3.8) is 0 Å². The summed E-state index contributed by atoms with van der Waals surface area (Å²) >= 11 is 6.27. The van der Waals surface area contributed by atoms with Crippen molar-refractivity contribution in [1.29, 1.82) is 0 Å². The van der Waals surface area contributed by atoms with Crippen molar-refractivity contribution in [3.05, 3.63) is 76.6 Å². The molecule has 0 aliphatic carbocycles. The van der Waals surface area contributed by atoms with Crippen molar-refractivity contribution >= 4 is 28.3 Å². The van der Waals surface area contributed by atoms with E-state index in [1.54, 1.807) is 6.20 Å². The Hall–Kier alpha value is -2.39. The van der Waals surface area contributed by atoms with Gasteiger partial charge in [-0.15, -0.1) is 0 Å². The lowest BCUT2D eigenvalue weighted by Crippen LogP contribution is -2.02. The Kier molecular flexibility index (Phi) is 4.58. The number of aliphatic carboxylic acids is 1. The van der Waals surface area contributed by atoms with Crippen molar-refractivity contribution < 1.29 is 9.90 Å². The van der Waals surface area contributed by atoms with Crippen LogP contribution in [0.15, 0.2) is 54.9 Å². The highest BCUT2D eigenvalue weighted by atomic mass is 35.5.